The molecule has 0 aliphatic carbocycles. The molecule has 0 fully saturated rings. The highest BCUT2D eigenvalue weighted by Crippen LogP contribution is 2.20. The maximum absolute atomic E-state index is 12.5. The van der Waals surface area contributed by atoms with Crippen molar-refractivity contribution < 1.29 is 14.1 Å². The zero-order valence-corrected chi connectivity index (χ0v) is 14.2. The summed E-state index contributed by atoms with van der Waals surface area (Å²) in [5, 5.41) is 6.55. The van der Waals surface area contributed by atoms with E-state index in [9.17, 15) is 4.79 Å². The van der Waals surface area contributed by atoms with Crippen LogP contribution < -0.4 is 15.8 Å². The van der Waals surface area contributed by atoms with Crippen LogP contribution in [0.3, 0.4) is 0 Å². The first-order chi connectivity index (χ1) is 12.7. The standard InChI is InChI=1S/C17H18N6O3/c1-11-3-4-13(25-8-5-18)12(9-11)17(24)21-10-14-22-16(23-26-14)15-19-6-2-7-20-15/h2-4,6-7,9H,5,8,10,18H2,1H3,(H,21,24). The molecule has 0 atom stereocenters. The van der Waals surface area contributed by atoms with E-state index < -0.39 is 0 Å². The van der Waals surface area contributed by atoms with Crippen molar-refractivity contribution in [3.8, 4) is 17.4 Å². The van der Waals surface area contributed by atoms with Crippen molar-refractivity contribution in [3.63, 3.8) is 0 Å². The first kappa shape index (κ1) is 17.5. The van der Waals surface area contributed by atoms with Crippen molar-refractivity contribution in [3.05, 3.63) is 53.7 Å². The van der Waals surface area contributed by atoms with Gasteiger partial charge in [-0.2, -0.15) is 4.98 Å². The predicted molar refractivity (Wildman–Crippen MR) is 92.2 cm³/mol. The summed E-state index contributed by atoms with van der Waals surface area (Å²) in [6, 6.07) is 7.05. The summed E-state index contributed by atoms with van der Waals surface area (Å²) in [4.78, 5) is 24.8. The number of carbonyl (C=O) groups excluding carboxylic acids is 1. The molecule has 26 heavy (non-hydrogen) atoms. The Kier molecular flexibility index (Phi) is 5.49. The van der Waals surface area contributed by atoms with Crippen molar-refractivity contribution in [1.82, 2.24) is 25.4 Å². The van der Waals surface area contributed by atoms with Gasteiger partial charge in [-0.3, -0.25) is 4.79 Å². The Bertz CT molecular complexity index is 881. The molecule has 3 N–H and O–H groups in total. The van der Waals surface area contributed by atoms with E-state index in [2.05, 4.69) is 25.4 Å². The van der Waals surface area contributed by atoms with E-state index in [4.69, 9.17) is 15.0 Å². The molecule has 0 spiro atoms. The van der Waals surface area contributed by atoms with Gasteiger partial charge in [-0.05, 0) is 25.1 Å². The Labute approximate surface area is 149 Å². The normalized spacial score (nSPS) is 10.5. The highest BCUT2D eigenvalue weighted by Gasteiger charge is 2.15. The van der Waals surface area contributed by atoms with Gasteiger partial charge in [0.25, 0.3) is 5.91 Å². The number of nitrogens with two attached hydrogens (primary N) is 1. The van der Waals surface area contributed by atoms with Crippen LogP contribution in [0.25, 0.3) is 11.6 Å². The van der Waals surface area contributed by atoms with Crippen molar-refractivity contribution in [2.75, 3.05) is 13.2 Å². The Balaban J connectivity index is 1.68. The summed E-state index contributed by atoms with van der Waals surface area (Å²) in [5.74, 6) is 1.03. The van der Waals surface area contributed by atoms with Crippen molar-refractivity contribution >= 4 is 5.91 Å². The molecular weight excluding hydrogens is 336 g/mol. The second-order valence-corrected chi connectivity index (χ2v) is 5.40. The Morgan fingerprint density at radius 2 is 2.08 bits per heavy atom. The number of nitrogens with one attached hydrogen (secondary N) is 1. The van der Waals surface area contributed by atoms with Crippen molar-refractivity contribution in [1.29, 1.82) is 0 Å². The smallest absolute Gasteiger partial charge is 0.255 e. The van der Waals surface area contributed by atoms with Crippen molar-refractivity contribution in [2.24, 2.45) is 5.73 Å². The number of aryl methyl sites for hydroxylation is 1. The van der Waals surface area contributed by atoms with Gasteiger partial charge in [0.05, 0.1) is 12.1 Å². The zero-order chi connectivity index (χ0) is 18.4. The molecule has 0 aliphatic rings. The maximum Gasteiger partial charge on any atom is 0.255 e. The molecule has 0 radical (unpaired) electrons. The number of benzene rings is 1. The van der Waals surface area contributed by atoms with Gasteiger partial charge >= 0.3 is 0 Å². The van der Waals surface area contributed by atoms with E-state index in [1.54, 1.807) is 30.6 Å². The number of ether oxygens (including phenoxy) is 1. The minimum absolute atomic E-state index is 0.0724. The molecule has 2 aromatic heterocycles. The lowest BCUT2D eigenvalue weighted by Gasteiger charge is -2.11. The van der Waals surface area contributed by atoms with Gasteiger partial charge in [0, 0.05) is 18.9 Å². The summed E-state index contributed by atoms with van der Waals surface area (Å²) in [6.45, 7) is 2.66. The van der Waals surface area contributed by atoms with Crippen LogP contribution in [0.1, 0.15) is 21.8 Å². The van der Waals surface area contributed by atoms with Gasteiger partial charge in [0.1, 0.15) is 12.4 Å². The molecule has 3 aromatic rings. The number of nitrogens with zero attached hydrogens (tertiary/aromatic N) is 4. The number of carbonyl (C=O) groups is 1. The zero-order valence-electron chi connectivity index (χ0n) is 14.2. The third-order valence-corrected chi connectivity index (χ3v) is 3.39. The summed E-state index contributed by atoms with van der Waals surface area (Å²) in [7, 11) is 0. The average molecular weight is 354 g/mol. The van der Waals surface area contributed by atoms with Gasteiger partial charge in [-0.25, -0.2) is 9.97 Å². The van der Waals surface area contributed by atoms with E-state index in [1.165, 1.54) is 0 Å². The first-order valence-corrected chi connectivity index (χ1v) is 7.99. The molecule has 0 saturated carbocycles. The molecule has 1 amide bonds. The topological polar surface area (TPSA) is 129 Å². The highest BCUT2D eigenvalue weighted by atomic mass is 16.5. The number of amides is 1. The minimum Gasteiger partial charge on any atom is -0.491 e. The lowest BCUT2D eigenvalue weighted by Crippen LogP contribution is -2.24. The SMILES string of the molecule is Cc1ccc(OCCN)c(C(=O)NCc2nc(-c3ncccn3)no2)c1. The van der Waals surface area contributed by atoms with E-state index in [0.717, 1.165) is 5.56 Å². The van der Waals surface area contributed by atoms with Gasteiger partial charge in [0.2, 0.25) is 17.5 Å². The highest BCUT2D eigenvalue weighted by molar-refractivity contribution is 5.97. The van der Waals surface area contributed by atoms with Crippen LogP contribution in [0.15, 0.2) is 41.2 Å². The van der Waals surface area contributed by atoms with E-state index >= 15 is 0 Å². The summed E-state index contributed by atoms with van der Waals surface area (Å²) in [5.41, 5.74) is 6.82. The number of hydrogen-bond acceptors (Lipinski definition) is 8. The average Bonchev–Trinajstić information content (AvgIpc) is 3.15. The van der Waals surface area contributed by atoms with Crippen LogP contribution in [0, 0.1) is 6.92 Å². The third-order valence-electron chi connectivity index (χ3n) is 3.39. The quantitative estimate of drug-likeness (QED) is 0.645. The lowest BCUT2D eigenvalue weighted by atomic mass is 10.1. The third kappa shape index (κ3) is 4.19. The van der Waals surface area contributed by atoms with Crippen LogP contribution in [-0.2, 0) is 6.54 Å². The van der Waals surface area contributed by atoms with Crippen LogP contribution in [0.2, 0.25) is 0 Å². The number of hydrogen-bond donors (Lipinski definition) is 2. The maximum atomic E-state index is 12.5. The van der Waals surface area contributed by atoms with E-state index in [-0.39, 0.29) is 24.2 Å². The molecule has 2 heterocycles. The van der Waals surface area contributed by atoms with Crippen LogP contribution in [0.4, 0.5) is 0 Å². The summed E-state index contributed by atoms with van der Waals surface area (Å²) < 4.78 is 10.6. The Hall–Kier alpha value is -3.33. The minimum atomic E-state index is -0.309. The molecule has 134 valence electrons. The summed E-state index contributed by atoms with van der Waals surface area (Å²) in [6.07, 6.45) is 3.17. The van der Waals surface area contributed by atoms with Crippen LogP contribution in [-0.4, -0.2) is 39.2 Å². The van der Waals surface area contributed by atoms with Gasteiger partial charge in [-0.1, -0.05) is 16.8 Å². The Morgan fingerprint density at radius 3 is 2.85 bits per heavy atom. The molecule has 9 nitrogen and oxygen atoms in total. The number of aromatic nitrogens is 4. The van der Waals surface area contributed by atoms with E-state index in [1.807, 2.05) is 13.0 Å². The van der Waals surface area contributed by atoms with Gasteiger partial charge in [-0.15, -0.1) is 0 Å². The lowest BCUT2D eigenvalue weighted by molar-refractivity contribution is 0.0942. The van der Waals surface area contributed by atoms with Gasteiger partial charge in [0.15, 0.2) is 0 Å². The van der Waals surface area contributed by atoms with Crippen LogP contribution in [0.5, 0.6) is 5.75 Å². The molecular formula is C17H18N6O3. The molecule has 0 bridgehead atoms. The largest absolute Gasteiger partial charge is 0.491 e. The first-order valence-electron chi connectivity index (χ1n) is 7.99. The fourth-order valence-corrected chi connectivity index (χ4v) is 2.20. The fourth-order valence-electron chi connectivity index (χ4n) is 2.20. The van der Waals surface area contributed by atoms with Crippen LogP contribution >= 0.6 is 0 Å². The Morgan fingerprint density at radius 1 is 1.27 bits per heavy atom. The monoisotopic (exact) mass is 354 g/mol. The second kappa shape index (κ2) is 8.17. The molecule has 3 rings (SSSR count). The number of rotatable bonds is 7. The van der Waals surface area contributed by atoms with E-state index in [0.29, 0.717) is 30.3 Å². The molecule has 0 unspecified atom stereocenters. The second-order valence-electron chi connectivity index (χ2n) is 5.40. The van der Waals surface area contributed by atoms with Crippen molar-refractivity contribution in [2.45, 2.75) is 13.5 Å². The molecule has 9 heteroatoms. The molecule has 0 aliphatic heterocycles. The fraction of sp³-hybridized carbons (Fsp3) is 0.235. The summed E-state index contributed by atoms with van der Waals surface area (Å²) >= 11 is 0. The predicted octanol–water partition coefficient (Wildman–Crippen LogP) is 1.10. The molecule has 0 saturated heterocycles. The molecule has 1 aromatic carbocycles. The van der Waals surface area contributed by atoms with Gasteiger partial charge < -0.3 is 20.3 Å².